The monoisotopic (exact) mass is 463 g/mol. The topological polar surface area (TPSA) is 73.3 Å². The molecule has 3 aliphatic rings. The summed E-state index contributed by atoms with van der Waals surface area (Å²) in [5.74, 6) is -0.131. The van der Waals surface area contributed by atoms with E-state index in [0.29, 0.717) is 6.54 Å². The minimum Gasteiger partial charge on any atom is -0.508 e. The lowest BCUT2D eigenvalue weighted by Crippen LogP contribution is -2.50. The third-order valence-electron chi connectivity index (χ3n) is 6.43. The second kappa shape index (κ2) is 11.2. The van der Waals surface area contributed by atoms with E-state index in [0.717, 1.165) is 51.5 Å². The third kappa shape index (κ3) is 7.32. The van der Waals surface area contributed by atoms with Gasteiger partial charge < -0.3 is 14.7 Å². The predicted octanol–water partition coefficient (Wildman–Crippen LogP) is 4.00. The van der Waals surface area contributed by atoms with E-state index in [1.165, 1.54) is 43.5 Å². The van der Waals surface area contributed by atoms with Crippen molar-refractivity contribution in [1.82, 2.24) is 14.7 Å². The first-order valence-electron chi connectivity index (χ1n) is 12.1. The summed E-state index contributed by atoms with van der Waals surface area (Å²) in [6.07, 6.45) is 6.26. The molecule has 4 rings (SSSR count). The standard InChI is InChI=1S/C19H33N3O3.C6H5FO/c1-19(2,3)25-18(24)22-12-5-9-16(22)17(23)21-11-6-10-20(13-14-21)15-7-4-8-15;7-5-1-3-6(8)4-2-5/h15-16H,4-14H2,1-3H3;1-4,8H/t16-;/m0./s1. The Balaban J connectivity index is 0.000000323. The van der Waals surface area contributed by atoms with Crippen molar-refractivity contribution in [3.8, 4) is 5.75 Å². The molecule has 8 heteroatoms. The zero-order valence-corrected chi connectivity index (χ0v) is 20.1. The van der Waals surface area contributed by atoms with Crippen LogP contribution in [0.4, 0.5) is 9.18 Å². The van der Waals surface area contributed by atoms with Crippen molar-refractivity contribution >= 4 is 12.0 Å². The molecule has 1 saturated carbocycles. The molecule has 1 atom stereocenters. The number of carbonyl (C=O) groups is 2. The summed E-state index contributed by atoms with van der Waals surface area (Å²) in [4.78, 5) is 31.7. The molecule has 1 aliphatic carbocycles. The number of nitrogens with zero attached hydrogens (tertiary/aromatic N) is 3. The molecule has 2 heterocycles. The predicted molar refractivity (Wildman–Crippen MR) is 124 cm³/mol. The SMILES string of the molecule is CC(C)(C)OC(=O)N1CCC[C@H]1C(=O)N1CCCN(C2CCC2)CC1.Oc1ccc(F)cc1. The van der Waals surface area contributed by atoms with E-state index in [2.05, 4.69) is 4.90 Å². The number of benzene rings is 1. The molecular weight excluding hydrogens is 425 g/mol. The highest BCUT2D eigenvalue weighted by Gasteiger charge is 2.39. The fourth-order valence-corrected chi connectivity index (χ4v) is 4.49. The van der Waals surface area contributed by atoms with Crippen molar-refractivity contribution in [2.75, 3.05) is 32.7 Å². The number of halogens is 1. The maximum Gasteiger partial charge on any atom is 0.410 e. The van der Waals surface area contributed by atoms with Gasteiger partial charge in [0.2, 0.25) is 5.91 Å². The van der Waals surface area contributed by atoms with E-state index < -0.39 is 5.60 Å². The molecule has 1 N–H and O–H groups in total. The van der Waals surface area contributed by atoms with Crippen molar-refractivity contribution in [3.05, 3.63) is 30.1 Å². The summed E-state index contributed by atoms with van der Waals surface area (Å²) in [6.45, 7) is 9.86. The molecule has 0 bridgehead atoms. The minimum absolute atomic E-state index is 0.0893. The first-order valence-corrected chi connectivity index (χ1v) is 12.1. The Hall–Kier alpha value is -2.35. The lowest BCUT2D eigenvalue weighted by Gasteiger charge is -2.37. The molecule has 3 fully saturated rings. The van der Waals surface area contributed by atoms with Gasteiger partial charge in [-0.25, -0.2) is 9.18 Å². The number of likely N-dealkylation sites (tertiary alicyclic amines) is 1. The van der Waals surface area contributed by atoms with Crippen LogP contribution >= 0.6 is 0 Å². The van der Waals surface area contributed by atoms with Crippen LogP contribution in [0.25, 0.3) is 0 Å². The van der Waals surface area contributed by atoms with E-state index >= 15 is 0 Å². The molecule has 1 aromatic carbocycles. The van der Waals surface area contributed by atoms with Gasteiger partial charge in [-0.15, -0.1) is 0 Å². The second-order valence-electron chi connectivity index (χ2n) is 10.1. The van der Waals surface area contributed by atoms with E-state index in [1.54, 1.807) is 4.90 Å². The molecule has 33 heavy (non-hydrogen) atoms. The Morgan fingerprint density at radius 1 is 0.939 bits per heavy atom. The highest BCUT2D eigenvalue weighted by Crippen LogP contribution is 2.27. The maximum absolute atomic E-state index is 13.1. The fourth-order valence-electron chi connectivity index (χ4n) is 4.49. The summed E-state index contributed by atoms with van der Waals surface area (Å²) in [5, 5.41) is 8.59. The van der Waals surface area contributed by atoms with Gasteiger partial charge in [0.25, 0.3) is 0 Å². The Labute approximate surface area is 196 Å². The number of ether oxygens (including phenoxy) is 1. The molecule has 184 valence electrons. The first kappa shape index (κ1) is 25.3. The Morgan fingerprint density at radius 2 is 1.64 bits per heavy atom. The van der Waals surface area contributed by atoms with Gasteiger partial charge in [0.1, 0.15) is 23.2 Å². The van der Waals surface area contributed by atoms with E-state index in [9.17, 15) is 14.0 Å². The van der Waals surface area contributed by atoms with Crippen LogP contribution in [-0.4, -0.2) is 82.2 Å². The average Bonchev–Trinajstić information content (AvgIpc) is 3.08. The van der Waals surface area contributed by atoms with Gasteiger partial charge in [0, 0.05) is 38.8 Å². The number of aromatic hydroxyl groups is 1. The minimum atomic E-state index is -0.529. The largest absolute Gasteiger partial charge is 0.508 e. The lowest BCUT2D eigenvalue weighted by atomic mass is 9.91. The van der Waals surface area contributed by atoms with Crippen LogP contribution < -0.4 is 0 Å². The Bertz CT molecular complexity index is 771. The van der Waals surface area contributed by atoms with Crippen LogP contribution in [-0.2, 0) is 9.53 Å². The number of hydrogen-bond donors (Lipinski definition) is 1. The quantitative estimate of drug-likeness (QED) is 0.718. The zero-order chi connectivity index (χ0) is 24.0. The van der Waals surface area contributed by atoms with Crippen LogP contribution in [0.5, 0.6) is 5.75 Å². The van der Waals surface area contributed by atoms with E-state index in [-0.39, 0.29) is 29.6 Å². The molecule has 2 amide bonds. The molecule has 0 aromatic heterocycles. The molecule has 2 aliphatic heterocycles. The van der Waals surface area contributed by atoms with Gasteiger partial charge in [-0.3, -0.25) is 14.6 Å². The van der Waals surface area contributed by atoms with Crippen LogP contribution in [0.3, 0.4) is 0 Å². The van der Waals surface area contributed by atoms with Gasteiger partial charge in [0.05, 0.1) is 0 Å². The first-order chi connectivity index (χ1) is 15.6. The van der Waals surface area contributed by atoms with Gasteiger partial charge >= 0.3 is 6.09 Å². The summed E-state index contributed by atoms with van der Waals surface area (Å²) in [7, 11) is 0. The molecule has 0 spiro atoms. The number of amides is 2. The molecule has 2 saturated heterocycles. The lowest BCUT2D eigenvalue weighted by molar-refractivity contribution is -0.135. The number of carbonyl (C=O) groups excluding carboxylic acids is 2. The highest BCUT2D eigenvalue weighted by molar-refractivity contribution is 5.86. The molecule has 7 nitrogen and oxygen atoms in total. The number of phenols is 1. The van der Waals surface area contributed by atoms with Crippen LogP contribution in [0.1, 0.15) is 59.3 Å². The Kier molecular flexibility index (Phi) is 8.57. The summed E-state index contributed by atoms with van der Waals surface area (Å²) in [6, 6.07) is 5.40. The number of hydrogen-bond acceptors (Lipinski definition) is 5. The van der Waals surface area contributed by atoms with Crippen LogP contribution in [0, 0.1) is 5.82 Å². The summed E-state index contributed by atoms with van der Waals surface area (Å²) >= 11 is 0. The van der Waals surface area contributed by atoms with E-state index in [1.807, 2.05) is 25.7 Å². The van der Waals surface area contributed by atoms with Crippen molar-refractivity contribution in [2.24, 2.45) is 0 Å². The van der Waals surface area contributed by atoms with Crippen LogP contribution in [0.2, 0.25) is 0 Å². The second-order valence-corrected chi connectivity index (χ2v) is 10.1. The van der Waals surface area contributed by atoms with Crippen molar-refractivity contribution in [3.63, 3.8) is 0 Å². The molecule has 0 unspecified atom stereocenters. The van der Waals surface area contributed by atoms with Crippen molar-refractivity contribution < 1.29 is 23.8 Å². The van der Waals surface area contributed by atoms with Crippen molar-refractivity contribution in [1.29, 1.82) is 0 Å². The molecule has 0 radical (unpaired) electrons. The maximum atomic E-state index is 13.1. The highest BCUT2D eigenvalue weighted by atomic mass is 19.1. The summed E-state index contributed by atoms with van der Waals surface area (Å²) < 4.78 is 17.5. The third-order valence-corrected chi connectivity index (χ3v) is 6.43. The normalized spacial score (nSPS) is 22.1. The summed E-state index contributed by atoms with van der Waals surface area (Å²) in [5.41, 5.74) is -0.529. The van der Waals surface area contributed by atoms with E-state index in [4.69, 9.17) is 9.84 Å². The Morgan fingerprint density at radius 3 is 2.21 bits per heavy atom. The number of rotatable bonds is 2. The van der Waals surface area contributed by atoms with Gasteiger partial charge in [-0.1, -0.05) is 6.42 Å². The molecule has 1 aromatic rings. The average molecular weight is 464 g/mol. The van der Waals surface area contributed by atoms with Crippen molar-refractivity contribution in [2.45, 2.75) is 77.0 Å². The van der Waals surface area contributed by atoms with Gasteiger partial charge in [-0.05, 0) is 77.1 Å². The van der Waals surface area contributed by atoms with Gasteiger partial charge in [-0.2, -0.15) is 0 Å². The van der Waals surface area contributed by atoms with Crippen LogP contribution in [0.15, 0.2) is 24.3 Å². The number of phenolic OH excluding ortho intramolecular Hbond substituents is 1. The van der Waals surface area contributed by atoms with Gasteiger partial charge in [0.15, 0.2) is 0 Å². The molecular formula is C25H38FN3O4. The smallest absolute Gasteiger partial charge is 0.410 e. The fraction of sp³-hybridized carbons (Fsp3) is 0.680. The zero-order valence-electron chi connectivity index (χ0n) is 20.1.